The van der Waals surface area contributed by atoms with Crippen molar-refractivity contribution < 1.29 is 4.74 Å². The highest BCUT2D eigenvalue weighted by Crippen LogP contribution is 2.38. The van der Waals surface area contributed by atoms with E-state index in [1.54, 1.807) is 11.8 Å². The van der Waals surface area contributed by atoms with Crippen molar-refractivity contribution in [3.8, 4) is 0 Å². The van der Waals surface area contributed by atoms with Crippen LogP contribution in [0.25, 0.3) is 0 Å². The largest absolute Gasteiger partial charge is 0.378 e. The van der Waals surface area contributed by atoms with Gasteiger partial charge in [0.05, 0.1) is 13.2 Å². The molecule has 1 atom stereocenters. The van der Waals surface area contributed by atoms with Crippen molar-refractivity contribution in [1.29, 1.82) is 0 Å². The maximum atomic E-state index is 6.04. The Kier molecular flexibility index (Phi) is 6.84. The lowest BCUT2D eigenvalue weighted by molar-refractivity contribution is 0.121. The molecule has 2 aromatic rings. The minimum atomic E-state index is 0.333. The molecule has 1 unspecified atom stereocenters. The van der Waals surface area contributed by atoms with Crippen LogP contribution in [0.1, 0.15) is 38.0 Å². The molecular weight excluding hydrogens is 368 g/mol. The fraction of sp³-hybridized carbons (Fsp3) is 0.579. The Bertz CT molecular complexity index is 698. The van der Waals surface area contributed by atoms with Crippen LogP contribution >= 0.6 is 23.4 Å². The number of hydrogen-bond donors (Lipinski definition) is 0. The summed E-state index contributed by atoms with van der Waals surface area (Å²) in [5.41, 5.74) is 1.27. The van der Waals surface area contributed by atoms with Crippen molar-refractivity contribution in [3.63, 3.8) is 0 Å². The Morgan fingerprint density at radius 3 is 2.46 bits per heavy atom. The van der Waals surface area contributed by atoms with Crippen molar-refractivity contribution in [1.82, 2.24) is 14.8 Å². The van der Waals surface area contributed by atoms with E-state index in [1.165, 1.54) is 5.56 Å². The van der Waals surface area contributed by atoms with Gasteiger partial charge in [0.2, 0.25) is 5.95 Å². The van der Waals surface area contributed by atoms with Crippen LogP contribution in [-0.4, -0.2) is 41.1 Å². The third-order valence-electron chi connectivity index (χ3n) is 4.40. The summed E-state index contributed by atoms with van der Waals surface area (Å²) >= 11 is 7.83. The highest BCUT2D eigenvalue weighted by Gasteiger charge is 2.23. The Morgan fingerprint density at radius 1 is 1.15 bits per heavy atom. The minimum Gasteiger partial charge on any atom is -0.378 e. The van der Waals surface area contributed by atoms with E-state index in [4.69, 9.17) is 16.3 Å². The average molecular weight is 395 g/mol. The number of thioether (sulfide) groups is 1. The molecule has 2 heterocycles. The molecule has 1 aliphatic heterocycles. The van der Waals surface area contributed by atoms with E-state index in [0.717, 1.165) is 55.4 Å². The van der Waals surface area contributed by atoms with Crippen molar-refractivity contribution in [2.45, 2.75) is 44.1 Å². The molecule has 142 valence electrons. The molecule has 0 amide bonds. The van der Waals surface area contributed by atoms with E-state index >= 15 is 0 Å². The first-order valence-corrected chi connectivity index (χ1v) is 10.5. The number of anilines is 1. The van der Waals surface area contributed by atoms with Crippen LogP contribution < -0.4 is 4.90 Å². The first-order chi connectivity index (χ1) is 12.6. The molecule has 1 saturated heterocycles. The van der Waals surface area contributed by atoms with Gasteiger partial charge in [-0.1, -0.05) is 56.3 Å². The normalized spacial score (nSPS) is 16.3. The minimum absolute atomic E-state index is 0.333. The van der Waals surface area contributed by atoms with Crippen LogP contribution in [0.5, 0.6) is 0 Å². The molecule has 5 nitrogen and oxygen atoms in total. The van der Waals surface area contributed by atoms with Crippen LogP contribution in [0.4, 0.5) is 5.95 Å². The van der Waals surface area contributed by atoms with Gasteiger partial charge >= 0.3 is 0 Å². The number of rotatable bonds is 7. The lowest BCUT2D eigenvalue weighted by Gasteiger charge is -2.28. The molecular formula is C19H27ClN4OS. The van der Waals surface area contributed by atoms with Crippen LogP contribution in [-0.2, 0) is 11.3 Å². The highest BCUT2D eigenvalue weighted by molar-refractivity contribution is 7.99. The molecule has 0 bridgehead atoms. The molecule has 1 aromatic carbocycles. The summed E-state index contributed by atoms with van der Waals surface area (Å²) < 4.78 is 7.76. The van der Waals surface area contributed by atoms with Gasteiger partial charge in [0.15, 0.2) is 5.16 Å². The summed E-state index contributed by atoms with van der Waals surface area (Å²) in [5, 5.41) is 11.2. The predicted octanol–water partition coefficient (Wildman–Crippen LogP) is 4.67. The second kappa shape index (κ2) is 9.11. The smallest absolute Gasteiger partial charge is 0.228 e. The number of ether oxygens (including phenoxy) is 1. The van der Waals surface area contributed by atoms with E-state index in [0.29, 0.717) is 11.2 Å². The number of halogens is 1. The molecule has 0 spiro atoms. The molecule has 0 radical (unpaired) electrons. The Balaban J connectivity index is 1.85. The fourth-order valence-corrected chi connectivity index (χ4v) is 4.29. The maximum absolute atomic E-state index is 6.04. The van der Waals surface area contributed by atoms with Gasteiger partial charge in [-0.05, 0) is 30.0 Å². The number of hydrogen-bond acceptors (Lipinski definition) is 5. The van der Waals surface area contributed by atoms with E-state index in [9.17, 15) is 0 Å². The van der Waals surface area contributed by atoms with Crippen molar-refractivity contribution in [3.05, 3.63) is 34.9 Å². The molecule has 0 aliphatic carbocycles. The van der Waals surface area contributed by atoms with Gasteiger partial charge in [-0.2, -0.15) is 0 Å². The van der Waals surface area contributed by atoms with E-state index in [-0.39, 0.29) is 0 Å². The summed E-state index contributed by atoms with van der Waals surface area (Å²) in [6.07, 6.45) is 1.02. The quantitative estimate of drug-likeness (QED) is 0.638. The molecule has 0 N–H and O–H groups in total. The number of aromatic nitrogens is 3. The topological polar surface area (TPSA) is 43.2 Å². The van der Waals surface area contributed by atoms with Gasteiger partial charge in [0.25, 0.3) is 0 Å². The standard InChI is InChI=1S/C19H27ClN4OS/c1-4-17(15-5-7-16(20)8-6-15)26-19-22-21-18(24(19)13-14(2)3)23-9-11-25-12-10-23/h5-8,14,17H,4,9-13H2,1-3H3. The van der Waals surface area contributed by atoms with E-state index in [2.05, 4.69) is 52.6 Å². The van der Waals surface area contributed by atoms with Gasteiger partial charge in [0.1, 0.15) is 0 Å². The maximum Gasteiger partial charge on any atom is 0.228 e. The molecule has 0 saturated carbocycles. The third kappa shape index (κ3) is 4.72. The Hall–Kier alpha value is -1.24. The first kappa shape index (κ1) is 19.5. The Morgan fingerprint density at radius 2 is 1.85 bits per heavy atom. The first-order valence-electron chi connectivity index (χ1n) is 9.26. The highest BCUT2D eigenvalue weighted by atomic mass is 35.5. The summed E-state index contributed by atoms with van der Waals surface area (Å²) in [6.45, 7) is 10.8. The van der Waals surface area contributed by atoms with Gasteiger partial charge in [-0.25, -0.2) is 0 Å². The second-order valence-corrected chi connectivity index (χ2v) is 8.56. The molecule has 26 heavy (non-hydrogen) atoms. The molecule has 7 heteroatoms. The third-order valence-corrected chi connectivity index (χ3v) is 6.05. The summed E-state index contributed by atoms with van der Waals surface area (Å²) in [5.74, 6) is 1.50. The zero-order valence-corrected chi connectivity index (χ0v) is 17.3. The lowest BCUT2D eigenvalue weighted by atomic mass is 10.1. The average Bonchev–Trinajstić information content (AvgIpc) is 3.03. The number of morpholine rings is 1. The molecule has 1 fully saturated rings. The lowest BCUT2D eigenvalue weighted by Crippen LogP contribution is -2.38. The van der Waals surface area contributed by atoms with Gasteiger partial charge in [-0.15, -0.1) is 10.2 Å². The summed E-state index contributed by atoms with van der Waals surface area (Å²) in [7, 11) is 0. The van der Waals surface area contributed by atoms with Crippen LogP contribution in [0, 0.1) is 5.92 Å². The van der Waals surface area contributed by atoms with Crippen LogP contribution in [0.3, 0.4) is 0 Å². The zero-order chi connectivity index (χ0) is 18.5. The molecule has 1 aromatic heterocycles. The Labute approximate surface area is 165 Å². The van der Waals surface area contributed by atoms with Crippen molar-refractivity contribution in [2.24, 2.45) is 5.92 Å². The summed E-state index contributed by atoms with van der Waals surface area (Å²) in [4.78, 5) is 2.28. The van der Waals surface area contributed by atoms with Crippen LogP contribution in [0.15, 0.2) is 29.4 Å². The van der Waals surface area contributed by atoms with Gasteiger partial charge in [-0.3, -0.25) is 4.57 Å². The van der Waals surface area contributed by atoms with Crippen LogP contribution in [0.2, 0.25) is 5.02 Å². The monoisotopic (exact) mass is 394 g/mol. The zero-order valence-electron chi connectivity index (χ0n) is 15.7. The van der Waals surface area contributed by atoms with E-state index < -0.39 is 0 Å². The molecule has 1 aliphatic rings. The SMILES string of the molecule is CCC(Sc1nnc(N2CCOCC2)n1CC(C)C)c1ccc(Cl)cc1. The van der Waals surface area contributed by atoms with Gasteiger partial charge < -0.3 is 9.64 Å². The predicted molar refractivity (Wildman–Crippen MR) is 108 cm³/mol. The van der Waals surface area contributed by atoms with Gasteiger partial charge in [0, 0.05) is 29.9 Å². The number of nitrogens with zero attached hydrogens (tertiary/aromatic N) is 4. The van der Waals surface area contributed by atoms with Crippen molar-refractivity contribution in [2.75, 3.05) is 31.2 Å². The van der Waals surface area contributed by atoms with Crippen molar-refractivity contribution >= 4 is 29.3 Å². The van der Waals surface area contributed by atoms with E-state index in [1.807, 2.05) is 12.1 Å². The molecule has 3 rings (SSSR count). The fourth-order valence-electron chi connectivity index (χ4n) is 3.08. The second-order valence-electron chi connectivity index (χ2n) is 6.95. The number of benzene rings is 1. The summed E-state index contributed by atoms with van der Waals surface area (Å²) in [6, 6.07) is 8.13.